The smallest absolute Gasteiger partial charge is 0.310 e. The van der Waals surface area contributed by atoms with Crippen molar-refractivity contribution in [3.8, 4) is 0 Å². The molecular weight excluding hydrogens is 300 g/mol. The first-order chi connectivity index (χ1) is 11.8. The Hall–Kier alpha value is -2.65. The van der Waals surface area contributed by atoms with Gasteiger partial charge in [0, 0.05) is 7.11 Å². The normalized spacial score (nSPS) is 11.5. The summed E-state index contributed by atoms with van der Waals surface area (Å²) in [7, 11) is 1.59. The third kappa shape index (κ3) is 2.47. The number of hydrogen-bond donors (Lipinski definition) is 0. The predicted octanol–water partition coefficient (Wildman–Crippen LogP) is 4.32. The van der Waals surface area contributed by atoms with E-state index >= 15 is 0 Å². The summed E-state index contributed by atoms with van der Waals surface area (Å²) in [6.07, 6.45) is 0.276. The zero-order chi connectivity index (χ0) is 16.5. The fourth-order valence-corrected chi connectivity index (χ4v) is 3.40. The molecule has 0 aromatic heterocycles. The van der Waals surface area contributed by atoms with Crippen LogP contribution >= 0.6 is 0 Å². The van der Waals surface area contributed by atoms with Crippen LogP contribution in [0.2, 0.25) is 0 Å². The molecule has 0 heterocycles. The van der Waals surface area contributed by atoms with Crippen LogP contribution in [0.4, 0.5) is 0 Å². The highest BCUT2D eigenvalue weighted by atomic mass is 16.6. The van der Waals surface area contributed by atoms with E-state index in [-0.39, 0.29) is 12.4 Å². The molecule has 0 aliphatic carbocycles. The van der Waals surface area contributed by atoms with Gasteiger partial charge in [0.25, 0.3) is 0 Å². The first-order valence-corrected chi connectivity index (χ1v) is 8.08. The van der Waals surface area contributed by atoms with Crippen molar-refractivity contribution < 1.29 is 14.3 Å². The number of carbonyl (C=O) groups is 1. The molecule has 0 N–H and O–H groups in total. The zero-order valence-corrected chi connectivity index (χ0v) is 13.5. The van der Waals surface area contributed by atoms with Crippen molar-refractivity contribution in [2.45, 2.75) is 6.42 Å². The highest BCUT2D eigenvalue weighted by Gasteiger charge is 2.13. The summed E-state index contributed by atoms with van der Waals surface area (Å²) in [6, 6.07) is 19.0. The van der Waals surface area contributed by atoms with Crippen LogP contribution in [-0.2, 0) is 20.7 Å². The maximum Gasteiger partial charge on any atom is 0.310 e. The second-order valence-corrected chi connectivity index (χ2v) is 5.97. The van der Waals surface area contributed by atoms with E-state index in [2.05, 4.69) is 48.5 Å². The molecule has 0 saturated heterocycles. The van der Waals surface area contributed by atoms with Gasteiger partial charge in [-0.2, -0.15) is 0 Å². The molecule has 0 aliphatic rings. The van der Waals surface area contributed by atoms with Gasteiger partial charge in [0.2, 0.25) is 0 Å². The van der Waals surface area contributed by atoms with Crippen LogP contribution in [0, 0.1) is 0 Å². The van der Waals surface area contributed by atoms with Crippen molar-refractivity contribution in [3.05, 3.63) is 60.2 Å². The Labute approximate surface area is 140 Å². The second-order valence-electron chi connectivity index (χ2n) is 5.97. The lowest BCUT2D eigenvalue weighted by Crippen LogP contribution is -2.12. The van der Waals surface area contributed by atoms with Crippen LogP contribution in [0.15, 0.2) is 54.6 Å². The van der Waals surface area contributed by atoms with Gasteiger partial charge in [-0.05, 0) is 37.9 Å². The molecule has 4 rings (SSSR count). The maximum absolute atomic E-state index is 12.1. The van der Waals surface area contributed by atoms with Crippen molar-refractivity contribution in [2.24, 2.45) is 0 Å². The van der Waals surface area contributed by atoms with E-state index in [0.717, 1.165) is 10.9 Å². The van der Waals surface area contributed by atoms with Crippen molar-refractivity contribution >= 4 is 38.3 Å². The lowest BCUT2D eigenvalue weighted by Gasteiger charge is -2.13. The van der Waals surface area contributed by atoms with Crippen molar-refractivity contribution in [3.63, 3.8) is 0 Å². The van der Waals surface area contributed by atoms with E-state index in [1.54, 1.807) is 7.11 Å². The number of hydrogen-bond acceptors (Lipinski definition) is 3. The Kier molecular flexibility index (Phi) is 3.79. The van der Waals surface area contributed by atoms with Crippen LogP contribution in [0.3, 0.4) is 0 Å². The van der Waals surface area contributed by atoms with Crippen LogP contribution < -0.4 is 0 Å². The van der Waals surface area contributed by atoms with Gasteiger partial charge >= 0.3 is 5.97 Å². The number of ether oxygens (including phenoxy) is 2. The Morgan fingerprint density at radius 3 is 2.25 bits per heavy atom. The fraction of sp³-hybridized carbons (Fsp3) is 0.190. The molecule has 0 aliphatic heterocycles. The minimum Gasteiger partial charge on any atom is -0.463 e. The van der Waals surface area contributed by atoms with Gasteiger partial charge in [0.05, 0.1) is 13.0 Å². The molecule has 0 fully saturated rings. The summed E-state index contributed by atoms with van der Waals surface area (Å²) in [6.45, 7) is 0.714. The molecule has 0 saturated carbocycles. The number of rotatable bonds is 5. The summed E-state index contributed by atoms with van der Waals surface area (Å²) >= 11 is 0. The third-order valence-electron chi connectivity index (χ3n) is 4.50. The average Bonchev–Trinajstić information content (AvgIpc) is 2.61. The van der Waals surface area contributed by atoms with Gasteiger partial charge in [-0.1, -0.05) is 54.6 Å². The molecule has 24 heavy (non-hydrogen) atoms. The summed E-state index contributed by atoms with van der Waals surface area (Å²) in [5.41, 5.74) is 1.00. The molecule has 0 radical (unpaired) electrons. The minimum absolute atomic E-state index is 0.220. The first-order valence-electron chi connectivity index (χ1n) is 8.08. The van der Waals surface area contributed by atoms with Gasteiger partial charge in [0.1, 0.15) is 6.61 Å². The molecule has 0 spiro atoms. The standard InChI is InChI=1S/C21H18O3/c1-23-11-12-24-19(22)13-17-8-7-16-6-5-14-3-2-4-15-9-10-18(17)21(16)20(14)15/h2-10H,11-13H2,1H3. The van der Waals surface area contributed by atoms with Crippen LogP contribution in [0.25, 0.3) is 32.3 Å². The summed E-state index contributed by atoms with van der Waals surface area (Å²) in [5, 5.41) is 7.28. The van der Waals surface area contributed by atoms with Crippen LogP contribution in [0.5, 0.6) is 0 Å². The van der Waals surface area contributed by atoms with Crippen LogP contribution in [0.1, 0.15) is 5.56 Å². The van der Waals surface area contributed by atoms with Gasteiger partial charge < -0.3 is 9.47 Å². The Morgan fingerprint density at radius 2 is 1.50 bits per heavy atom. The molecule has 0 amide bonds. The quantitative estimate of drug-likeness (QED) is 0.312. The number of esters is 1. The van der Waals surface area contributed by atoms with E-state index in [4.69, 9.17) is 9.47 Å². The zero-order valence-electron chi connectivity index (χ0n) is 13.5. The third-order valence-corrected chi connectivity index (χ3v) is 4.50. The fourth-order valence-electron chi connectivity index (χ4n) is 3.40. The SMILES string of the molecule is COCCOC(=O)Cc1ccc2ccc3cccc4ccc1c2c34. The highest BCUT2D eigenvalue weighted by Crippen LogP contribution is 2.35. The summed E-state index contributed by atoms with van der Waals surface area (Å²) < 4.78 is 10.1. The number of benzene rings is 4. The Bertz CT molecular complexity index is 1000. The van der Waals surface area contributed by atoms with E-state index in [1.807, 2.05) is 6.07 Å². The van der Waals surface area contributed by atoms with Gasteiger partial charge in [-0.3, -0.25) is 4.79 Å². The van der Waals surface area contributed by atoms with Crippen molar-refractivity contribution in [1.29, 1.82) is 0 Å². The molecule has 0 unspecified atom stereocenters. The number of methoxy groups -OCH3 is 1. The van der Waals surface area contributed by atoms with Gasteiger partial charge in [0.15, 0.2) is 0 Å². The Balaban J connectivity index is 1.81. The molecule has 0 bridgehead atoms. The van der Waals surface area contributed by atoms with Crippen molar-refractivity contribution in [1.82, 2.24) is 0 Å². The van der Waals surface area contributed by atoms with E-state index < -0.39 is 0 Å². The minimum atomic E-state index is -0.220. The molecule has 4 aromatic carbocycles. The molecule has 3 nitrogen and oxygen atoms in total. The topological polar surface area (TPSA) is 35.5 Å². The first kappa shape index (κ1) is 14.9. The lowest BCUT2D eigenvalue weighted by atomic mass is 9.91. The van der Waals surface area contributed by atoms with Crippen molar-refractivity contribution in [2.75, 3.05) is 20.3 Å². The lowest BCUT2D eigenvalue weighted by molar-refractivity contribution is -0.144. The second kappa shape index (κ2) is 6.10. The molecular formula is C21H18O3. The largest absolute Gasteiger partial charge is 0.463 e. The Morgan fingerprint density at radius 1 is 0.833 bits per heavy atom. The van der Waals surface area contributed by atoms with E-state index in [9.17, 15) is 4.79 Å². The van der Waals surface area contributed by atoms with Crippen LogP contribution in [-0.4, -0.2) is 26.3 Å². The number of carbonyl (C=O) groups excluding carboxylic acids is 1. The predicted molar refractivity (Wildman–Crippen MR) is 96.7 cm³/mol. The molecule has 4 aromatic rings. The molecule has 0 atom stereocenters. The molecule has 120 valence electrons. The van der Waals surface area contributed by atoms with Gasteiger partial charge in [-0.15, -0.1) is 0 Å². The summed E-state index contributed by atoms with van der Waals surface area (Å²) in [5.74, 6) is -0.220. The highest BCUT2D eigenvalue weighted by molar-refractivity contribution is 6.23. The monoisotopic (exact) mass is 318 g/mol. The molecule has 3 heteroatoms. The van der Waals surface area contributed by atoms with E-state index in [0.29, 0.717) is 13.2 Å². The van der Waals surface area contributed by atoms with E-state index in [1.165, 1.54) is 26.9 Å². The summed E-state index contributed by atoms with van der Waals surface area (Å²) in [4.78, 5) is 12.1. The maximum atomic E-state index is 12.1. The van der Waals surface area contributed by atoms with Gasteiger partial charge in [-0.25, -0.2) is 0 Å². The average molecular weight is 318 g/mol.